The Kier molecular flexibility index (Phi) is 8.79. The highest BCUT2D eigenvalue weighted by Gasteiger charge is 2.72. The predicted molar refractivity (Wildman–Crippen MR) is 192 cm³/mol. The Hall–Kier alpha value is -3.01. The van der Waals surface area contributed by atoms with Crippen molar-refractivity contribution >= 4 is 23.5 Å². The van der Waals surface area contributed by atoms with Crippen molar-refractivity contribution in [3.05, 3.63) is 33.8 Å². The first-order chi connectivity index (χ1) is 24.2. The van der Waals surface area contributed by atoms with Crippen LogP contribution in [0.4, 0.5) is 0 Å². The van der Waals surface area contributed by atoms with Crippen LogP contribution in [0.15, 0.2) is 25.3 Å². The van der Waals surface area contributed by atoms with E-state index >= 15 is 0 Å². The third kappa shape index (κ3) is 5.22. The molecule has 52 heavy (non-hydrogen) atoms. The quantitative estimate of drug-likeness (QED) is 0.297. The Labute approximate surface area is 307 Å². The molecule has 6 aliphatic rings. The van der Waals surface area contributed by atoms with Crippen LogP contribution in [-0.2, 0) is 30.5 Å². The highest BCUT2D eigenvalue weighted by Crippen LogP contribution is 2.75. The molecular weight excluding hydrogens is 662 g/mol. The van der Waals surface area contributed by atoms with Crippen molar-refractivity contribution in [1.82, 2.24) is 4.90 Å². The predicted octanol–water partition coefficient (Wildman–Crippen LogP) is 7.30. The van der Waals surface area contributed by atoms with Gasteiger partial charge in [-0.25, -0.2) is 4.79 Å². The number of carbonyl (C=O) groups is 4. The standard InChI is InChI=1S/C42H59NO9/c1-24(44)26-10-9-19-43(22-26)32-12-13-39(5)31(42(32,8)35(48)50-23-30-25(2)51-36(49)52-30)11-14-41(7)33(39)29(45)20-27-28-21-38(4,34(46)47)16-15-37(28,3)17-18-40(27,41)6/h20,26,28,31-33H,9-19,21-23H2,1-8H3,(H,46,47)/t26-,28+,31-,32+,33-,37-,38+,39+,40-,41-,42+/m1/s1. The summed E-state index contributed by atoms with van der Waals surface area (Å²) in [5, 5.41) is 10.3. The number of ether oxygens (including phenoxy) is 1. The number of esters is 1. The van der Waals surface area contributed by atoms with Gasteiger partial charge < -0.3 is 18.7 Å². The van der Waals surface area contributed by atoms with Crippen molar-refractivity contribution in [3.63, 3.8) is 0 Å². The smallest absolute Gasteiger partial charge is 0.481 e. The molecule has 0 amide bonds. The molecule has 0 spiro atoms. The number of aliphatic carboxylic acids is 1. The number of hydrogen-bond donors (Lipinski definition) is 1. The van der Waals surface area contributed by atoms with E-state index in [0.29, 0.717) is 25.8 Å². The molecule has 0 radical (unpaired) electrons. The molecule has 7 rings (SSSR count). The Morgan fingerprint density at radius 1 is 0.942 bits per heavy atom. The molecule has 0 unspecified atom stereocenters. The van der Waals surface area contributed by atoms with Crippen LogP contribution in [0.5, 0.6) is 0 Å². The first-order valence-corrected chi connectivity index (χ1v) is 19.7. The second kappa shape index (κ2) is 12.3. The number of carboxylic acid groups (broad SMARTS) is 1. The van der Waals surface area contributed by atoms with Gasteiger partial charge in [-0.15, -0.1) is 0 Å². The fourth-order valence-corrected chi connectivity index (χ4v) is 13.3. The zero-order valence-corrected chi connectivity index (χ0v) is 32.5. The van der Waals surface area contributed by atoms with Crippen LogP contribution in [0.3, 0.4) is 0 Å². The van der Waals surface area contributed by atoms with Crippen molar-refractivity contribution in [2.24, 2.45) is 56.2 Å². The maximum atomic E-state index is 15.0. The number of hydrogen-bond acceptors (Lipinski definition) is 9. The van der Waals surface area contributed by atoms with E-state index in [9.17, 15) is 29.1 Å². The minimum absolute atomic E-state index is 0.0316. The zero-order valence-electron chi connectivity index (χ0n) is 32.5. The van der Waals surface area contributed by atoms with Crippen molar-refractivity contribution in [3.8, 4) is 0 Å². The van der Waals surface area contributed by atoms with E-state index < -0.39 is 28.0 Å². The maximum Gasteiger partial charge on any atom is 0.519 e. The van der Waals surface area contributed by atoms with E-state index in [0.717, 1.165) is 63.5 Å². The van der Waals surface area contributed by atoms with Gasteiger partial charge in [-0.05, 0) is 144 Å². The summed E-state index contributed by atoms with van der Waals surface area (Å²) in [6.45, 7) is 17.5. The normalized spacial score (nSPS) is 44.7. The van der Waals surface area contributed by atoms with Gasteiger partial charge >= 0.3 is 17.8 Å². The van der Waals surface area contributed by atoms with Crippen LogP contribution < -0.4 is 5.82 Å². The van der Waals surface area contributed by atoms with Gasteiger partial charge in [0.1, 0.15) is 5.78 Å². The number of nitrogens with zero attached hydrogens (tertiary/aromatic N) is 1. The Balaban J connectivity index is 1.28. The molecule has 10 nitrogen and oxygen atoms in total. The lowest BCUT2D eigenvalue weighted by Gasteiger charge is -2.71. The molecular formula is C42H59NO9. The fraction of sp³-hybridized carbons (Fsp3) is 0.786. The van der Waals surface area contributed by atoms with Gasteiger partial charge in [-0.1, -0.05) is 33.3 Å². The minimum atomic E-state index is -1.01. The van der Waals surface area contributed by atoms with Crippen molar-refractivity contribution in [1.29, 1.82) is 0 Å². The van der Waals surface area contributed by atoms with E-state index in [-0.39, 0.29) is 81.6 Å². The number of carboxylic acids is 1. The second-order valence-electron chi connectivity index (χ2n) is 19.3. The van der Waals surface area contributed by atoms with E-state index in [1.54, 1.807) is 13.8 Å². The summed E-state index contributed by atoms with van der Waals surface area (Å²) < 4.78 is 16.3. The third-order valence-corrected chi connectivity index (χ3v) is 16.8. The molecule has 4 saturated carbocycles. The topological polar surface area (TPSA) is 144 Å². The Morgan fingerprint density at radius 2 is 1.65 bits per heavy atom. The number of piperidine rings is 1. The molecule has 11 atom stereocenters. The number of rotatable bonds is 6. The van der Waals surface area contributed by atoms with Crippen LogP contribution >= 0.6 is 0 Å². The highest BCUT2D eigenvalue weighted by atomic mass is 16.6. The first-order valence-electron chi connectivity index (χ1n) is 19.7. The number of aryl methyl sites for hydroxylation is 1. The highest BCUT2D eigenvalue weighted by molar-refractivity contribution is 5.96. The van der Waals surface area contributed by atoms with Gasteiger partial charge in [-0.3, -0.25) is 24.1 Å². The van der Waals surface area contributed by atoms with E-state index in [2.05, 4.69) is 32.6 Å². The molecule has 1 aromatic heterocycles. The monoisotopic (exact) mass is 721 g/mol. The average Bonchev–Trinajstić information content (AvgIpc) is 3.41. The van der Waals surface area contributed by atoms with Gasteiger partial charge in [0.15, 0.2) is 23.9 Å². The van der Waals surface area contributed by atoms with Crippen LogP contribution in [0.25, 0.3) is 0 Å². The van der Waals surface area contributed by atoms with Crippen molar-refractivity contribution in [2.45, 2.75) is 139 Å². The second-order valence-corrected chi connectivity index (χ2v) is 19.3. The summed E-state index contributed by atoms with van der Waals surface area (Å²) in [5.74, 6) is -1.77. The summed E-state index contributed by atoms with van der Waals surface area (Å²) in [6, 6.07) is -0.186. The van der Waals surface area contributed by atoms with Gasteiger partial charge in [0.25, 0.3) is 0 Å². The summed E-state index contributed by atoms with van der Waals surface area (Å²) in [6.07, 6.45) is 10.6. The van der Waals surface area contributed by atoms with E-state index in [1.165, 1.54) is 0 Å². The van der Waals surface area contributed by atoms with Crippen LogP contribution in [-0.4, -0.2) is 52.6 Å². The number of ketones is 2. The van der Waals surface area contributed by atoms with Crippen LogP contribution in [0.1, 0.15) is 131 Å². The van der Waals surface area contributed by atoms with E-state index in [4.69, 9.17) is 13.6 Å². The van der Waals surface area contributed by atoms with E-state index in [1.807, 2.05) is 19.9 Å². The largest absolute Gasteiger partial charge is 0.519 e. The molecule has 286 valence electrons. The fourth-order valence-electron chi connectivity index (χ4n) is 13.3. The Morgan fingerprint density at radius 3 is 2.31 bits per heavy atom. The van der Waals surface area contributed by atoms with Gasteiger partial charge in [0.2, 0.25) is 0 Å². The average molecular weight is 722 g/mol. The first kappa shape index (κ1) is 37.3. The molecule has 10 heteroatoms. The van der Waals surface area contributed by atoms with Gasteiger partial charge in [-0.2, -0.15) is 0 Å². The number of fused-ring (bicyclic) bond motifs is 7. The number of Topliss-reactive ketones (excluding diaryl/α,β-unsaturated/α-hetero) is 1. The molecule has 0 aromatic carbocycles. The van der Waals surface area contributed by atoms with Gasteiger partial charge in [0.05, 0.1) is 10.8 Å². The summed E-state index contributed by atoms with van der Waals surface area (Å²) in [5.41, 5.74) is -1.88. The molecule has 5 aliphatic carbocycles. The summed E-state index contributed by atoms with van der Waals surface area (Å²) in [7, 11) is 0. The molecule has 1 N–H and O–H groups in total. The molecule has 1 saturated heterocycles. The lowest BCUT2D eigenvalue weighted by molar-refractivity contribution is -0.213. The summed E-state index contributed by atoms with van der Waals surface area (Å²) in [4.78, 5) is 69.1. The molecule has 0 bridgehead atoms. The lowest BCUT2D eigenvalue weighted by atomic mass is 9.33. The van der Waals surface area contributed by atoms with Crippen molar-refractivity contribution < 1.29 is 37.9 Å². The number of allylic oxidation sites excluding steroid dienone is 2. The number of carbonyl (C=O) groups excluding carboxylic acids is 3. The van der Waals surface area contributed by atoms with Crippen LogP contribution in [0.2, 0.25) is 0 Å². The summed E-state index contributed by atoms with van der Waals surface area (Å²) >= 11 is 0. The molecule has 1 aliphatic heterocycles. The lowest BCUT2D eigenvalue weighted by Crippen LogP contribution is -2.70. The van der Waals surface area contributed by atoms with Crippen molar-refractivity contribution in [2.75, 3.05) is 13.1 Å². The molecule has 5 fully saturated rings. The third-order valence-electron chi connectivity index (χ3n) is 16.8. The molecule has 2 heterocycles. The SMILES string of the molecule is CC(=O)[C@@H]1CCCN([C@H]2CC[C@@]3(C)[C@@H](CC[C@]4(C)[C@@H]3C(=O)C=C3[C@@H]5C[C@@](C)(C(=O)O)CC[C@]5(C)CC[C@]34C)[C@]2(C)C(=O)OCc2oc(=O)oc2C)C1. The maximum absolute atomic E-state index is 15.0. The molecule has 1 aromatic rings. The zero-order chi connectivity index (χ0) is 37.8. The van der Waals surface area contributed by atoms with Gasteiger partial charge in [0, 0.05) is 24.4 Å². The minimum Gasteiger partial charge on any atom is -0.481 e. The number of likely N-dealkylation sites (tertiary alicyclic amines) is 1. The van der Waals surface area contributed by atoms with Crippen LogP contribution in [0, 0.1) is 63.1 Å². The Bertz CT molecular complexity index is 1770.